The number of nitrogens with one attached hydrogen (secondary N) is 2. The summed E-state index contributed by atoms with van der Waals surface area (Å²) in [6.45, 7) is 9.37. The van der Waals surface area contributed by atoms with Gasteiger partial charge in [0.2, 0.25) is 5.91 Å². The zero-order valence-corrected chi connectivity index (χ0v) is 13.6. The number of rotatable bonds is 6. The molecule has 2 rings (SSSR count). The minimum absolute atomic E-state index is 0.198. The van der Waals surface area contributed by atoms with Crippen LogP contribution >= 0.6 is 0 Å². The Hall–Kier alpha value is -1.35. The van der Waals surface area contributed by atoms with E-state index in [-0.39, 0.29) is 5.91 Å². The molecule has 116 valence electrons. The Bertz CT molecular complexity index is 467. The van der Waals surface area contributed by atoms with Gasteiger partial charge in [-0.15, -0.1) is 0 Å². The van der Waals surface area contributed by atoms with Crippen molar-refractivity contribution >= 4 is 5.91 Å². The van der Waals surface area contributed by atoms with Gasteiger partial charge in [-0.25, -0.2) is 0 Å². The van der Waals surface area contributed by atoms with Crippen LogP contribution < -0.4 is 10.6 Å². The van der Waals surface area contributed by atoms with E-state index in [2.05, 4.69) is 43.5 Å². The molecule has 3 heteroatoms. The van der Waals surface area contributed by atoms with Crippen LogP contribution in [-0.4, -0.2) is 25.5 Å². The molecule has 1 amide bonds. The van der Waals surface area contributed by atoms with Gasteiger partial charge in [0.05, 0.1) is 0 Å². The molecule has 1 aliphatic rings. The summed E-state index contributed by atoms with van der Waals surface area (Å²) in [6.07, 6.45) is 3.82. The van der Waals surface area contributed by atoms with E-state index < -0.39 is 0 Å². The zero-order valence-electron chi connectivity index (χ0n) is 13.6. The smallest absolute Gasteiger partial charge is 0.220 e. The first kappa shape index (κ1) is 16.0. The molecule has 1 aliphatic heterocycles. The average Bonchev–Trinajstić information content (AvgIpc) is 2.92. The predicted molar refractivity (Wildman–Crippen MR) is 87.6 cm³/mol. The molecule has 0 radical (unpaired) electrons. The first-order chi connectivity index (χ1) is 10.1. The molecule has 0 saturated carbocycles. The van der Waals surface area contributed by atoms with Gasteiger partial charge in [0.15, 0.2) is 0 Å². The summed E-state index contributed by atoms with van der Waals surface area (Å²) in [6, 6.07) is 4.44. The summed E-state index contributed by atoms with van der Waals surface area (Å²) in [5.74, 6) is 0.890. The molecule has 1 heterocycles. The Morgan fingerprint density at radius 1 is 1.29 bits per heavy atom. The highest BCUT2D eigenvalue weighted by atomic mass is 16.1. The van der Waals surface area contributed by atoms with Crippen LogP contribution in [0, 0.1) is 26.7 Å². The van der Waals surface area contributed by atoms with Gasteiger partial charge in [0.1, 0.15) is 0 Å². The number of carbonyl (C=O) groups excluding carboxylic acids is 1. The maximum atomic E-state index is 11.9. The summed E-state index contributed by atoms with van der Waals surface area (Å²) in [7, 11) is 0. The molecular weight excluding hydrogens is 260 g/mol. The van der Waals surface area contributed by atoms with E-state index in [1.807, 2.05) is 0 Å². The quantitative estimate of drug-likeness (QED) is 0.845. The van der Waals surface area contributed by atoms with Gasteiger partial charge in [0.25, 0.3) is 0 Å². The lowest BCUT2D eigenvalue weighted by molar-refractivity contribution is -0.121. The lowest BCUT2D eigenvalue weighted by Gasteiger charge is -2.12. The van der Waals surface area contributed by atoms with Crippen LogP contribution in [0.4, 0.5) is 0 Å². The third kappa shape index (κ3) is 4.85. The lowest BCUT2D eigenvalue weighted by atomic mass is 9.97. The Kier molecular flexibility index (Phi) is 5.80. The molecule has 1 unspecified atom stereocenters. The van der Waals surface area contributed by atoms with Crippen LogP contribution in [0.25, 0.3) is 0 Å². The second-order valence-corrected chi connectivity index (χ2v) is 6.37. The van der Waals surface area contributed by atoms with Crippen molar-refractivity contribution in [2.45, 2.75) is 46.5 Å². The SMILES string of the molecule is Cc1cc(C)c(CCNC(=O)CCC2CCNC2)c(C)c1. The molecule has 0 bridgehead atoms. The molecule has 1 saturated heterocycles. The third-order valence-corrected chi connectivity index (χ3v) is 4.48. The Morgan fingerprint density at radius 2 is 2.00 bits per heavy atom. The molecule has 1 fully saturated rings. The van der Waals surface area contributed by atoms with Gasteiger partial charge in [-0.1, -0.05) is 17.7 Å². The number of amides is 1. The van der Waals surface area contributed by atoms with Gasteiger partial charge in [-0.2, -0.15) is 0 Å². The Balaban J connectivity index is 1.72. The molecule has 2 N–H and O–H groups in total. The zero-order chi connectivity index (χ0) is 15.2. The van der Waals surface area contributed by atoms with E-state index in [0.29, 0.717) is 12.3 Å². The maximum absolute atomic E-state index is 11.9. The maximum Gasteiger partial charge on any atom is 0.220 e. The van der Waals surface area contributed by atoms with E-state index in [9.17, 15) is 4.79 Å². The van der Waals surface area contributed by atoms with E-state index in [1.54, 1.807) is 0 Å². The van der Waals surface area contributed by atoms with Crippen molar-refractivity contribution in [2.24, 2.45) is 5.92 Å². The van der Waals surface area contributed by atoms with Gasteiger partial charge >= 0.3 is 0 Å². The third-order valence-electron chi connectivity index (χ3n) is 4.48. The fourth-order valence-electron chi connectivity index (χ4n) is 3.32. The topological polar surface area (TPSA) is 41.1 Å². The Labute approximate surface area is 128 Å². The molecule has 1 aromatic rings. The van der Waals surface area contributed by atoms with Gasteiger partial charge in [-0.05, 0) is 75.7 Å². The minimum Gasteiger partial charge on any atom is -0.356 e. The second-order valence-electron chi connectivity index (χ2n) is 6.37. The lowest BCUT2D eigenvalue weighted by Crippen LogP contribution is -2.26. The molecule has 3 nitrogen and oxygen atoms in total. The molecule has 1 aromatic carbocycles. The number of hydrogen-bond donors (Lipinski definition) is 2. The molecule has 1 atom stereocenters. The van der Waals surface area contributed by atoms with Gasteiger partial charge < -0.3 is 10.6 Å². The first-order valence-corrected chi connectivity index (χ1v) is 8.10. The van der Waals surface area contributed by atoms with Gasteiger partial charge in [0, 0.05) is 13.0 Å². The van der Waals surface area contributed by atoms with Crippen molar-refractivity contribution in [1.82, 2.24) is 10.6 Å². The Morgan fingerprint density at radius 3 is 2.62 bits per heavy atom. The van der Waals surface area contributed by atoms with Crippen molar-refractivity contribution in [3.8, 4) is 0 Å². The van der Waals surface area contributed by atoms with Crippen LogP contribution in [0.2, 0.25) is 0 Å². The molecule has 21 heavy (non-hydrogen) atoms. The average molecular weight is 288 g/mol. The monoisotopic (exact) mass is 288 g/mol. The molecule has 0 aliphatic carbocycles. The summed E-state index contributed by atoms with van der Waals surface area (Å²) in [5.41, 5.74) is 5.35. The number of aryl methyl sites for hydroxylation is 3. The fraction of sp³-hybridized carbons (Fsp3) is 0.611. The van der Waals surface area contributed by atoms with Crippen LogP contribution in [0.5, 0.6) is 0 Å². The van der Waals surface area contributed by atoms with Crippen molar-refractivity contribution in [3.63, 3.8) is 0 Å². The highest BCUT2D eigenvalue weighted by Crippen LogP contribution is 2.17. The van der Waals surface area contributed by atoms with E-state index >= 15 is 0 Å². The minimum atomic E-state index is 0.198. The molecular formula is C18H28N2O. The fourth-order valence-corrected chi connectivity index (χ4v) is 3.32. The largest absolute Gasteiger partial charge is 0.356 e. The second kappa shape index (κ2) is 7.60. The van der Waals surface area contributed by atoms with Gasteiger partial charge in [-0.3, -0.25) is 4.79 Å². The van der Waals surface area contributed by atoms with Crippen LogP contribution in [-0.2, 0) is 11.2 Å². The summed E-state index contributed by atoms with van der Waals surface area (Å²) in [5, 5.41) is 6.41. The normalized spacial score (nSPS) is 18.0. The highest BCUT2D eigenvalue weighted by Gasteiger charge is 2.15. The summed E-state index contributed by atoms with van der Waals surface area (Å²) >= 11 is 0. The predicted octanol–water partition coefficient (Wildman–Crippen LogP) is 2.66. The van der Waals surface area contributed by atoms with Crippen LogP contribution in [0.15, 0.2) is 12.1 Å². The molecule has 0 aromatic heterocycles. The number of carbonyl (C=O) groups is 1. The van der Waals surface area contributed by atoms with E-state index in [1.165, 1.54) is 28.7 Å². The van der Waals surface area contributed by atoms with Crippen LogP contribution in [0.3, 0.4) is 0 Å². The molecule has 0 spiro atoms. The van der Waals surface area contributed by atoms with E-state index in [4.69, 9.17) is 0 Å². The summed E-state index contributed by atoms with van der Waals surface area (Å²) < 4.78 is 0. The van der Waals surface area contributed by atoms with Crippen molar-refractivity contribution < 1.29 is 4.79 Å². The number of benzene rings is 1. The highest BCUT2D eigenvalue weighted by molar-refractivity contribution is 5.75. The summed E-state index contributed by atoms with van der Waals surface area (Å²) in [4.78, 5) is 11.9. The van der Waals surface area contributed by atoms with Crippen molar-refractivity contribution in [1.29, 1.82) is 0 Å². The van der Waals surface area contributed by atoms with Crippen LogP contribution in [0.1, 0.15) is 41.5 Å². The standard InChI is InChI=1S/C18H28N2O/c1-13-10-14(2)17(15(3)11-13)7-9-20-18(21)5-4-16-6-8-19-12-16/h10-11,16,19H,4-9,12H2,1-3H3,(H,20,21). The number of hydrogen-bond acceptors (Lipinski definition) is 2. The van der Waals surface area contributed by atoms with Crippen molar-refractivity contribution in [2.75, 3.05) is 19.6 Å². The van der Waals surface area contributed by atoms with E-state index in [0.717, 1.165) is 32.5 Å². The first-order valence-electron chi connectivity index (χ1n) is 8.10. The van der Waals surface area contributed by atoms with Crippen molar-refractivity contribution in [3.05, 3.63) is 34.4 Å².